The molecule has 0 radical (unpaired) electrons. The summed E-state index contributed by atoms with van der Waals surface area (Å²) in [6.07, 6.45) is 6.14. The lowest BCUT2D eigenvalue weighted by Gasteiger charge is -2.22. The Labute approximate surface area is 214 Å². The smallest absolute Gasteiger partial charge is 0.340 e. The maximum atomic E-state index is 13.0. The van der Waals surface area contributed by atoms with Gasteiger partial charge >= 0.3 is 5.97 Å². The minimum absolute atomic E-state index is 0.0537. The molecule has 2 aromatic carbocycles. The van der Waals surface area contributed by atoms with Crippen LogP contribution in [0, 0.1) is 0 Å². The number of carbonyl (C=O) groups excluding carboxylic acids is 3. The average molecular weight is 508 g/mol. The van der Waals surface area contributed by atoms with Crippen molar-refractivity contribution < 1.29 is 28.6 Å². The van der Waals surface area contributed by atoms with Crippen LogP contribution in [0.5, 0.6) is 11.5 Å². The Balaban J connectivity index is 1.47. The SMILES string of the molecule is COc1cc(NC(=O)c2cccs2)c(C(=O)OCC(=O)c2ccc(C3CCCCC3)cc2)cc1OC. The molecular weight excluding hydrogens is 478 g/mol. The molecule has 1 heterocycles. The van der Waals surface area contributed by atoms with Gasteiger partial charge in [0.2, 0.25) is 0 Å². The zero-order chi connectivity index (χ0) is 25.5. The van der Waals surface area contributed by atoms with Gasteiger partial charge in [-0.05, 0) is 35.8 Å². The molecule has 1 amide bonds. The van der Waals surface area contributed by atoms with Gasteiger partial charge in [0.15, 0.2) is 23.9 Å². The quantitative estimate of drug-likeness (QED) is 0.278. The fraction of sp³-hybridized carbons (Fsp3) is 0.321. The average Bonchev–Trinajstić information content (AvgIpc) is 3.47. The van der Waals surface area contributed by atoms with Crippen molar-refractivity contribution in [3.05, 3.63) is 75.5 Å². The highest BCUT2D eigenvalue weighted by Gasteiger charge is 2.22. The van der Waals surface area contributed by atoms with Gasteiger partial charge in [-0.25, -0.2) is 4.79 Å². The van der Waals surface area contributed by atoms with E-state index < -0.39 is 12.6 Å². The molecule has 188 valence electrons. The number of carbonyl (C=O) groups is 3. The highest BCUT2D eigenvalue weighted by Crippen LogP contribution is 2.35. The number of rotatable bonds is 9. The number of esters is 1. The van der Waals surface area contributed by atoms with Crippen molar-refractivity contribution in [1.29, 1.82) is 0 Å². The van der Waals surface area contributed by atoms with E-state index in [2.05, 4.69) is 5.32 Å². The lowest BCUT2D eigenvalue weighted by Crippen LogP contribution is -2.18. The summed E-state index contributed by atoms with van der Waals surface area (Å²) in [5, 5.41) is 4.51. The van der Waals surface area contributed by atoms with Crippen LogP contribution in [0.15, 0.2) is 53.9 Å². The van der Waals surface area contributed by atoms with Gasteiger partial charge in [0, 0.05) is 17.7 Å². The van der Waals surface area contributed by atoms with Crippen LogP contribution in [-0.4, -0.2) is 38.5 Å². The first-order chi connectivity index (χ1) is 17.5. The van der Waals surface area contributed by atoms with Crippen LogP contribution >= 0.6 is 11.3 Å². The number of benzene rings is 2. The van der Waals surface area contributed by atoms with E-state index in [1.54, 1.807) is 29.6 Å². The highest BCUT2D eigenvalue weighted by atomic mass is 32.1. The van der Waals surface area contributed by atoms with Crippen LogP contribution in [0.2, 0.25) is 0 Å². The molecule has 0 aliphatic heterocycles. The van der Waals surface area contributed by atoms with Gasteiger partial charge in [-0.15, -0.1) is 11.3 Å². The molecule has 1 N–H and O–H groups in total. The lowest BCUT2D eigenvalue weighted by atomic mass is 9.84. The molecule has 7 nitrogen and oxygen atoms in total. The summed E-state index contributed by atoms with van der Waals surface area (Å²) in [6.45, 7) is -0.422. The Bertz CT molecular complexity index is 1210. The van der Waals surface area contributed by atoms with Gasteiger partial charge in [0.1, 0.15) is 0 Å². The van der Waals surface area contributed by atoms with Crippen LogP contribution in [0.3, 0.4) is 0 Å². The van der Waals surface area contributed by atoms with Crippen molar-refractivity contribution in [3.63, 3.8) is 0 Å². The van der Waals surface area contributed by atoms with Crippen molar-refractivity contribution in [3.8, 4) is 11.5 Å². The van der Waals surface area contributed by atoms with Crippen molar-refractivity contribution in [2.45, 2.75) is 38.0 Å². The number of thiophene rings is 1. The number of Topliss-reactive ketones (excluding diaryl/α,β-unsaturated/α-hetero) is 1. The van der Waals surface area contributed by atoms with Crippen LogP contribution in [0.1, 0.15) is 74.0 Å². The first kappa shape index (κ1) is 25.4. The van der Waals surface area contributed by atoms with Crippen LogP contribution in [-0.2, 0) is 4.74 Å². The van der Waals surface area contributed by atoms with Gasteiger partial charge < -0.3 is 19.5 Å². The number of anilines is 1. The van der Waals surface area contributed by atoms with Gasteiger partial charge in [-0.2, -0.15) is 0 Å². The zero-order valence-electron chi connectivity index (χ0n) is 20.4. The molecule has 0 bridgehead atoms. The molecule has 1 aliphatic rings. The molecular formula is C28H29NO6S. The van der Waals surface area contributed by atoms with Crippen molar-refractivity contribution in [2.24, 2.45) is 0 Å². The summed E-state index contributed by atoms with van der Waals surface area (Å²) in [6, 6.07) is 13.9. The predicted molar refractivity (Wildman–Crippen MR) is 139 cm³/mol. The third kappa shape index (κ3) is 5.94. The zero-order valence-corrected chi connectivity index (χ0v) is 21.2. The van der Waals surface area contributed by atoms with Gasteiger partial charge in [-0.3, -0.25) is 9.59 Å². The topological polar surface area (TPSA) is 90.9 Å². The minimum Gasteiger partial charge on any atom is -0.493 e. The normalized spacial score (nSPS) is 13.6. The number of hydrogen-bond acceptors (Lipinski definition) is 7. The summed E-state index contributed by atoms with van der Waals surface area (Å²) >= 11 is 1.27. The van der Waals surface area contributed by atoms with Gasteiger partial charge in [0.05, 0.1) is 30.3 Å². The Morgan fingerprint density at radius 1 is 0.944 bits per heavy atom. The van der Waals surface area contributed by atoms with E-state index >= 15 is 0 Å². The van der Waals surface area contributed by atoms with Gasteiger partial charge in [-0.1, -0.05) is 49.6 Å². The van der Waals surface area contributed by atoms with Gasteiger partial charge in [0.25, 0.3) is 5.91 Å². The standard InChI is InChI=1S/C28H29NO6S/c1-33-24-15-21(22(16-25(24)34-2)29-27(31)26-9-6-14-36-26)28(32)35-17-23(30)20-12-10-19(11-13-20)18-7-4-3-5-8-18/h6,9-16,18H,3-5,7-8,17H2,1-2H3,(H,29,31). The fourth-order valence-corrected chi connectivity index (χ4v) is 5.03. The van der Waals surface area contributed by atoms with Crippen LogP contribution < -0.4 is 14.8 Å². The number of ketones is 1. The molecule has 1 fully saturated rings. The van der Waals surface area contributed by atoms with Crippen molar-refractivity contribution >= 4 is 34.7 Å². The Hall–Kier alpha value is -3.65. The summed E-state index contributed by atoms with van der Waals surface area (Å²) in [5.74, 6) is -0.255. The van der Waals surface area contributed by atoms with E-state index in [0.29, 0.717) is 27.9 Å². The monoisotopic (exact) mass is 507 g/mol. The molecule has 0 saturated heterocycles. The van der Waals surface area contributed by atoms with Crippen molar-refractivity contribution in [2.75, 3.05) is 26.1 Å². The molecule has 4 rings (SSSR count). The molecule has 1 aliphatic carbocycles. The third-order valence-electron chi connectivity index (χ3n) is 6.38. The Kier molecular flexibility index (Phi) is 8.38. The number of hydrogen-bond donors (Lipinski definition) is 1. The van der Waals surface area contributed by atoms with E-state index in [0.717, 1.165) is 0 Å². The summed E-state index contributed by atoms with van der Waals surface area (Å²) in [5.41, 5.74) is 1.99. The second-order valence-electron chi connectivity index (χ2n) is 8.64. The minimum atomic E-state index is -0.760. The molecule has 36 heavy (non-hydrogen) atoms. The molecule has 1 aromatic heterocycles. The highest BCUT2D eigenvalue weighted by molar-refractivity contribution is 7.12. The summed E-state index contributed by atoms with van der Waals surface area (Å²) < 4.78 is 16.0. The number of amides is 1. The Morgan fingerprint density at radius 2 is 1.64 bits per heavy atom. The molecule has 8 heteroatoms. The van der Waals surface area contributed by atoms with Crippen LogP contribution in [0.4, 0.5) is 5.69 Å². The molecule has 0 spiro atoms. The van der Waals surface area contributed by atoms with E-state index in [4.69, 9.17) is 14.2 Å². The summed E-state index contributed by atoms with van der Waals surface area (Å²) in [4.78, 5) is 38.8. The van der Waals surface area contributed by atoms with E-state index in [1.165, 1.54) is 75.4 Å². The van der Waals surface area contributed by atoms with Crippen molar-refractivity contribution in [1.82, 2.24) is 0 Å². The first-order valence-electron chi connectivity index (χ1n) is 11.9. The summed E-state index contributed by atoms with van der Waals surface area (Å²) in [7, 11) is 2.90. The molecule has 0 unspecified atom stereocenters. The van der Waals surface area contributed by atoms with E-state index in [1.807, 2.05) is 12.1 Å². The molecule has 3 aromatic rings. The predicted octanol–water partition coefficient (Wildman–Crippen LogP) is 6.11. The first-order valence-corrected chi connectivity index (χ1v) is 12.8. The second-order valence-corrected chi connectivity index (χ2v) is 9.59. The largest absolute Gasteiger partial charge is 0.493 e. The molecule has 1 saturated carbocycles. The van der Waals surface area contributed by atoms with Crippen LogP contribution in [0.25, 0.3) is 0 Å². The lowest BCUT2D eigenvalue weighted by molar-refractivity contribution is 0.0475. The third-order valence-corrected chi connectivity index (χ3v) is 7.25. The second kappa shape index (κ2) is 11.9. The van der Waals surface area contributed by atoms with E-state index in [9.17, 15) is 14.4 Å². The maximum absolute atomic E-state index is 13.0. The number of methoxy groups -OCH3 is 2. The molecule has 0 atom stereocenters. The number of ether oxygens (including phenoxy) is 3. The number of nitrogens with one attached hydrogen (secondary N) is 1. The fourth-order valence-electron chi connectivity index (χ4n) is 4.41. The van der Waals surface area contributed by atoms with E-state index in [-0.39, 0.29) is 22.9 Å². The Morgan fingerprint density at radius 3 is 2.28 bits per heavy atom. The maximum Gasteiger partial charge on any atom is 0.340 e.